The van der Waals surface area contributed by atoms with Crippen molar-refractivity contribution in [1.29, 1.82) is 0 Å². The van der Waals surface area contributed by atoms with E-state index in [1.165, 1.54) is 65.1 Å². The topological polar surface area (TPSA) is 6.48 Å². The zero-order valence-electron chi connectivity index (χ0n) is 19.7. The molecule has 1 aliphatic heterocycles. The molecule has 0 aromatic heterocycles. The molecule has 0 bridgehead atoms. The number of anilines is 4. The molecule has 1 heterocycles. The summed E-state index contributed by atoms with van der Waals surface area (Å²) in [6.07, 6.45) is 5.19. The molecule has 3 aromatic rings. The van der Waals surface area contributed by atoms with Gasteiger partial charge in [0.1, 0.15) is 6.17 Å². The lowest BCUT2D eigenvalue weighted by Crippen LogP contribution is -2.36. The predicted octanol–water partition coefficient (Wildman–Crippen LogP) is 8.62. The molecule has 0 fully saturated rings. The van der Waals surface area contributed by atoms with Gasteiger partial charge in [0, 0.05) is 11.4 Å². The number of para-hydroxylation sites is 3. The number of nitrogens with zero attached hydrogens (tertiary/aromatic N) is 2. The molecule has 0 spiro atoms. The summed E-state index contributed by atoms with van der Waals surface area (Å²) in [7, 11) is 0. The van der Waals surface area contributed by atoms with Crippen molar-refractivity contribution in [2.75, 3.05) is 9.80 Å². The van der Waals surface area contributed by atoms with Crippen molar-refractivity contribution < 1.29 is 0 Å². The molecular weight excluding hydrogens is 376 g/mol. The van der Waals surface area contributed by atoms with E-state index >= 15 is 0 Å². The lowest BCUT2D eigenvalue weighted by molar-refractivity contribution is 0.568. The van der Waals surface area contributed by atoms with E-state index < -0.39 is 0 Å². The van der Waals surface area contributed by atoms with Crippen molar-refractivity contribution >= 4 is 22.7 Å². The van der Waals surface area contributed by atoms with E-state index in [2.05, 4.69) is 111 Å². The van der Waals surface area contributed by atoms with Crippen molar-refractivity contribution in [2.45, 2.75) is 72.4 Å². The van der Waals surface area contributed by atoms with E-state index in [1.807, 2.05) is 0 Å². The molecule has 0 saturated heterocycles. The van der Waals surface area contributed by atoms with Gasteiger partial charge in [-0.3, -0.25) is 0 Å². The molecule has 2 nitrogen and oxygen atoms in total. The normalized spacial score (nSPS) is 16.5. The van der Waals surface area contributed by atoms with Crippen LogP contribution >= 0.6 is 0 Å². The van der Waals surface area contributed by atoms with Crippen LogP contribution in [-0.2, 0) is 0 Å². The average molecular weight is 413 g/mol. The van der Waals surface area contributed by atoms with Gasteiger partial charge in [0.2, 0.25) is 0 Å². The Hall–Kier alpha value is -2.74. The number of hydrogen-bond acceptors (Lipinski definition) is 2. The quantitative estimate of drug-likeness (QED) is 0.383. The maximum atomic E-state index is 2.56. The first kappa shape index (κ1) is 21.5. The van der Waals surface area contributed by atoms with Crippen molar-refractivity contribution in [3.8, 4) is 0 Å². The fourth-order valence-corrected chi connectivity index (χ4v) is 5.13. The highest BCUT2D eigenvalue weighted by molar-refractivity contribution is 5.89. The first-order chi connectivity index (χ1) is 15.1. The summed E-state index contributed by atoms with van der Waals surface area (Å²) in [5.41, 5.74) is 9.44. The van der Waals surface area contributed by atoms with Crippen LogP contribution < -0.4 is 9.80 Å². The van der Waals surface area contributed by atoms with Gasteiger partial charge in [0.15, 0.2) is 0 Å². The largest absolute Gasteiger partial charge is 0.318 e. The van der Waals surface area contributed by atoms with Gasteiger partial charge in [0.05, 0.1) is 11.4 Å². The third kappa shape index (κ3) is 3.84. The third-order valence-electron chi connectivity index (χ3n) is 7.02. The van der Waals surface area contributed by atoms with Crippen LogP contribution in [0.5, 0.6) is 0 Å². The minimum absolute atomic E-state index is 0.211. The number of fused-ring (bicyclic) bond motifs is 1. The van der Waals surface area contributed by atoms with E-state index in [0.29, 0.717) is 5.92 Å². The lowest BCUT2D eigenvalue weighted by Gasteiger charge is -2.33. The van der Waals surface area contributed by atoms with E-state index in [0.717, 1.165) is 0 Å². The average Bonchev–Trinajstić information content (AvgIpc) is 3.08. The molecule has 2 heteroatoms. The Labute approximate surface area is 188 Å². The molecule has 0 N–H and O–H groups in total. The summed E-state index contributed by atoms with van der Waals surface area (Å²) >= 11 is 0. The van der Waals surface area contributed by atoms with Gasteiger partial charge in [-0.25, -0.2) is 0 Å². The van der Waals surface area contributed by atoms with Gasteiger partial charge >= 0.3 is 0 Å². The molecular formula is C29H36N2. The zero-order valence-corrected chi connectivity index (χ0v) is 19.7. The highest BCUT2D eigenvalue weighted by Gasteiger charge is 2.36. The minimum Gasteiger partial charge on any atom is -0.318 e. The second-order valence-corrected chi connectivity index (χ2v) is 8.89. The number of aryl methyl sites for hydroxylation is 1. The highest BCUT2D eigenvalue weighted by Crippen LogP contribution is 2.50. The van der Waals surface area contributed by atoms with Crippen LogP contribution in [0.4, 0.5) is 22.7 Å². The second-order valence-electron chi connectivity index (χ2n) is 8.89. The van der Waals surface area contributed by atoms with Crippen LogP contribution in [-0.4, -0.2) is 6.17 Å². The van der Waals surface area contributed by atoms with Gasteiger partial charge in [-0.05, 0) is 80.5 Å². The molecule has 0 saturated carbocycles. The van der Waals surface area contributed by atoms with E-state index in [9.17, 15) is 0 Å². The molecule has 0 aliphatic carbocycles. The van der Waals surface area contributed by atoms with Crippen LogP contribution in [0.15, 0.2) is 66.7 Å². The monoisotopic (exact) mass is 412 g/mol. The predicted molar refractivity (Wildman–Crippen MR) is 135 cm³/mol. The second kappa shape index (κ2) is 9.18. The Morgan fingerprint density at radius 3 is 1.97 bits per heavy atom. The molecule has 0 amide bonds. The lowest BCUT2D eigenvalue weighted by atomic mass is 9.89. The number of unbranched alkanes of at least 4 members (excludes halogenated alkanes) is 1. The Balaban J connectivity index is 1.84. The molecule has 162 valence electrons. The zero-order chi connectivity index (χ0) is 22.0. The Morgan fingerprint density at radius 2 is 1.32 bits per heavy atom. The Bertz CT molecular complexity index is 1040. The molecule has 1 aliphatic rings. The summed E-state index contributed by atoms with van der Waals surface area (Å²) in [6, 6.07) is 24.6. The van der Waals surface area contributed by atoms with Crippen LogP contribution in [0.25, 0.3) is 0 Å². The van der Waals surface area contributed by atoms with Crippen LogP contribution in [0.2, 0.25) is 0 Å². The fraction of sp³-hybridized carbons (Fsp3) is 0.379. The van der Waals surface area contributed by atoms with Crippen LogP contribution in [0.1, 0.15) is 69.1 Å². The molecule has 1 unspecified atom stereocenters. The van der Waals surface area contributed by atoms with Crippen molar-refractivity contribution in [3.63, 3.8) is 0 Å². The minimum atomic E-state index is 0.211. The number of benzene rings is 3. The van der Waals surface area contributed by atoms with Gasteiger partial charge in [-0.1, -0.05) is 69.2 Å². The summed E-state index contributed by atoms with van der Waals surface area (Å²) < 4.78 is 0. The fourth-order valence-electron chi connectivity index (χ4n) is 5.13. The van der Waals surface area contributed by atoms with Gasteiger partial charge in [0.25, 0.3) is 0 Å². The maximum Gasteiger partial charge on any atom is 0.108 e. The smallest absolute Gasteiger partial charge is 0.108 e. The summed E-state index contributed by atoms with van der Waals surface area (Å²) in [4.78, 5) is 5.07. The van der Waals surface area contributed by atoms with E-state index in [4.69, 9.17) is 0 Å². The van der Waals surface area contributed by atoms with E-state index in [1.54, 1.807) is 0 Å². The van der Waals surface area contributed by atoms with Crippen molar-refractivity contribution in [1.82, 2.24) is 0 Å². The molecule has 2 atom stereocenters. The van der Waals surface area contributed by atoms with Crippen molar-refractivity contribution in [2.24, 2.45) is 0 Å². The molecule has 31 heavy (non-hydrogen) atoms. The number of hydrogen-bond donors (Lipinski definition) is 0. The van der Waals surface area contributed by atoms with Crippen LogP contribution in [0, 0.1) is 13.8 Å². The molecule has 3 aromatic carbocycles. The standard InChI is InChI=1S/C29H36N2/c1-6-8-15-24(7-2)25-16-9-10-17-27(25)31-23(5)30(28-18-11-12-19-29(28)31)26-20-13-14-21(3)22(26)4/h9-14,16-20,23-24H,6-8,15H2,1-5H3/t23-,24?/m1/s1. The SMILES string of the molecule is CCCCC(CC)c1ccccc1N1c2ccccc2N(c2cccc(C)c2C)[C@H]1C. The first-order valence-corrected chi connectivity index (χ1v) is 11.9. The third-order valence-corrected chi connectivity index (χ3v) is 7.02. The first-order valence-electron chi connectivity index (χ1n) is 11.9. The Kier molecular flexibility index (Phi) is 6.36. The summed E-state index contributed by atoms with van der Waals surface area (Å²) in [6.45, 7) is 11.4. The summed E-state index contributed by atoms with van der Waals surface area (Å²) in [5.74, 6) is 0.602. The van der Waals surface area contributed by atoms with Crippen LogP contribution in [0.3, 0.4) is 0 Å². The highest BCUT2D eigenvalue weighted by atomic mass is 15.4. The summed E-state index contributed by atoms with van der Waals surface area (Å²) in [5, 5.41) is 0. The van der Waals surface area contributed by atoms with Gasteiger partial charge in [-0.2, -0.15) is 0 Å². The molecule has 0 radical (unpaired) electrons. The van der Waals surface area contributed by atoms with Gasteiger partial charge < -0.3 is 9.80 Å². The van der Waals surface area contributed by atoms with E-state index in [-0.39, 0.29) is 6.17 Å². The maximum absolute atomic E-state index is 2.56. The van der Waals surface area contributed by atoms with Crippen molar-refractivity contribution in [3.05, 3.63) is 83.4 Å². The molecule has 4 rings (SSSR count). The Morgan fingerprint density at radius 1 is 0.742 bits per heavy atom. The van der Waals surface area contributed by atoms with Gasteiger partial charge in [-0.15, -0.1) is 0 Å². The number of rotatable bonds is 7.